The standard InChI is InChI=1S/C22H23N5O2/c28-22(25-16-17-4-3-8-23-15-17)20-14-18(7-9-24-20)26-19-5-1-2-6-21(19)27-10-12-29-13-11-27/h1-9,14-15H,10-13,16H2,(H,24,26)(H,25,28). The Morgan fingerprint density at radius 1 is 1.07 bits per heavy atom. The average Bonchev–Trinajstić information content (AvgIpc) is 2.79. The molecule has 4 rings (SSSR count). The molecule has 29 heavy (non-hydrogen) atoms. The van der Waals surface area contributed by atoms with Crippen LogP contribution in [0.25, 0.3) is 0 Å². The molecule has 1 aromatic carbocycles. The fourth-order valence-corrected chi connectivity index (χ4v) is 3.22. The maximum absolute atomic E-state index is 12.5. The number of para-hydroxylation sites is 2. The number of morpholine rings is 1. The van der Waals surface area contributed by atoms with Crippen LogP contribution in [0.4, 0.5) is 17.1 Å². The molecule has 2 aromatic heterocycles. The van der Waals surface area contributed by atoms with Gasteiger partial charge < -0.3 is 20.3 Å². The third-order valence-corrected chi connectivity index (χ3v) is 4.70. The lowest BCUT2D eigenvalue weighted by Gasteiger charge is -2.30. The second-order valence-electron chi connectivity index (χ2n) is 6.72. The molecular formula is C22H23N5O2. The molecule has 1 aliphatic rings. The Morgan fingerprint density at radius 3 is 2.76 bits per heavy atom. The Labute approximate surface area is 169 Å². The predicted octanol–water partition coefficient (Wildman–Crippen LogP) is 2.99. The monoisotopic (exact) mass is 389 g/mol. The lowest BCUT2D eigenvalue weighted by Crippen LogP contribution is -2.36. The number of carbonyl (C=O) groups excluding carboxylic acids is 1. The summed E-state index contributed by atoms with van der Waals surface area (Å²) in [7, 11) is 0. The highest BCUT2D eigenvalue weighted by Gasteiger charge is 2.15. The first-order chi connectivity index (χ1) is 14.3. The van der Waals surface area contributed by atoms with Crippen LogP contribution in [-0.2, 0) is 11.3 Å². The van der Waals surface area contributed by atoms with Gasteiger partial charge in [0, 0.05) is 43.9 Å². The van der Waals surface area contributed by atoms with Crippen molar-refractivity contribution >= 4 is 23.0 Å². The van der Waals surface area contributed by atoms with E-state index in [2.05, 4.69) is 31.6 Å². The Bertz CT molecular complexity index is 958. The van der Waals surface area contributed by atoms with Crippen molar-refractivity contribution < 1.29 is 9.53 Å². The number of aromatic nitrogens is 2. The van der Waals surface area contributed by atoms with Gasteiger partial charge in [-0.2, -0.15) is 0 Å². The van der Waals surface area contributed by atoms with Crippen LogP contribution < -0.4 is 15.5 Å². The van der Waals surface area contributed by atoms with Crippen LogP contribution >= 0.6 is 0 Å². The molecule has 0 saturated carbocycles. The van der Waals surface area contributed by atoms with Crippen molar-refractivity contribution in [3.8, 4) is 0 Å². The summed E-state index contributed by atoms with van der Waals surface area (Å²) in [6.45, 7) is 3.58. The molecule has 3 aromatic rings. The molecule has 2 N–H and O–H groups in total. The van der Waals surface area contributed by atoms with Gasteiger partial charge in [0.1, 0.15) is 5.69 Å². The van der Waals surface area contributed by atoms with E-state index in [4.69, 9.17) is 4.74 Å². The predicted molar refractivity (Wildman–Crippen MR) is 112 cm³/mol. The van der Waals surface area contributed by atoms with Crippen LogP contribution in [0.2, 0.25) is 0 Å². The summed E-state index contributed by atoms with van der Waals surface area (Å²) < 4.78 is 5.46. The van der Waals surface area contributed by atoms with E-state index in [9.17, 15) is 4.79 Å². The van der Waals surface area contributed by atoms with Gasteiger partial charge in [0.05, 0.1) is 24.6 Å². The van der Waals surface area contributed by atoms with E-state index < -0.39 is 0 Å². The Kier molecular flexibility index (Phi) is 5.97. The number of carbonyl (C=O) groups is 1. The highest BCUT2D eigenvalue weighted by Crippen LogP contribution is 2.29. The van der Waals surface area contributed by atoms with E-state index in [0.29, 0.717) is 12.2 Å². The fourth-order valence-electron chi connectivity index (χ4n) is 3.22. The first kappa shape index (κ1) is 18.9. The molecule has 0 aliphatic carbocycles. The lowest BCUT2D eigenvalue weighted by atomic mass is 10.2. The molecule has 0 bridgehead atoms. The zero-order valence-electron chi connectivity index (χ0n) is 16.0. The number of anilines is 3. The van der Waals surface area contributed by atoms with Crippen LogP contribution in [0.5, 0.6) is 0 Å². The van der Waals surface area contributed by atoms with E-state index in [1.807, 2.05) is 36.4 Å². The Hall–Kier alpha value is -3.45. The maximum atomic E-state index is 12.5. The number of hydrogen-bond acceptors (Lipinski definition) is 6. The zero-order chi connectivity index (χ0) is 19.9. The Balaban J connectivity index is 1.46. The molecule has 0 unspecified atom stereocenters. The first-order valence-electron chi connectivity index (χ1n) is 9.61. The van der Waals surface area contributed by atoms with E-state index in [1.54, 1.807) is 24.7 Å². The summed E-state index contributed by atoms with van der Waals surface area (Å²) in [4.78, 5) is 23.1. The molecule has 3 heterocycles. The van der Waals surface area contributed by atoms with Crippen LogP contribution in [0, 0.1) is 0 Å². The van der Waals surface area contributed by atoms with Gasteiger partial charge in [-0.15, -0.1) is 0 Å². The largest absolute Gasteiger partial charge is 0.378 e. The molecule has 1 aliphatic heterocycles. The molecule has 1 amide bonds. The maximum Gasteiger partial charge on any atom is 0.270 e. The highest BCUT2D eigenvalue weighted by atomic mass is 16.5. The molecule has 0 spiro atoms. The van der Waals surface area contributed by atoms with Gasteiger partial charge in [0.15, 0.2) is 0 Å². The van der Waals surface area contributed by atoms with Crippen molar-refractivity contribution in [2.24, 2.45) is 0 Å². The van der Waals surface area contributed by atoms with Crippen LogP contribution in [0.3, 0.4) is 0 Å². The number of hydrogen-bond donors (Lipinski definition) is 2. The average molecular weight is 389 g/mol. The number of benzene rings is 1. The molecule has 7 heteroatoms. The van der Waals surface area contributed by atoms with Crippen LogP contribution in [-0.4, -0.2) is 42.2 Å². The SMILES string of the molecule is O=C(NCc1cccnc1)c1cc(Nc2ccccc2N2CCOCC2)ccn1. The summed E-state index contributed by atoms with van der Waals surface area (Å²) in [5.41, 5.74) is 4.22. The summed E-state index contributed by atoms with van der Waals surface area (Å²) in [5, 5.41) is 6.30. The van der Waals surface area contributed by atoms with E-state index >= 15 is 0 Å². The molecular weight excluding hydrogens is 366 g/mol. The topological polar surface area (TPSA) is 79.4 Å². The number of amides is 1. The normalized spacial score (nSPS) is 13.7. The smallest absolute Gasteiger partial charge is 0.270 e. The molecule has 148 valence electrons. The van der Waals surface area contributed by atoms with E-state index in [1.165, 1.54) is 0 Å². The highest BCUT2D eigenvalue weighted by molar-refractivity contribution is 5.93. The quantitative estimate of drug-likeness (QED) is 0.675. The van der Waals surface area contributed by atoms with Crippen LogP contribution in [0.15, 0.2) is 67.1 Å². The first-order valence-corrected chi connectivity index (χ1v) is 9.61. The summed E-state index contributed by atoms with van der Waals surface area (Å²) in [6.07, 6.45) is 5.07. The van der Waals surface area contributed by atoms with Crippen LogP contribution in [0.1, 0.15) is 16.1 Å². The van der Waals surface area contributed by atoms with Gasteiger partial charge in [-0.1, -0.05) is 18.2 Å². The Morgan fingerprint density at radius 2 is 1.93 bits per heavy atom. The molecule has 1 saturated heterocycles. The van der Waals surface area contributed by atoms with E-state index in [0.717, 1.165) is 48.9 Å². The molecule has 1 fully saturated rings. The molecule has 7 nitrogen and oxygen atoms in total. The third kappa shape index (κ3) is 4.89. The van der Waals surface area contributed by atoms with Crippen molar-refractivity contribution in [1.82, 2.24) is 15.3 Å². The number of pyridine rings is 2. The van der Waals surface area contributed by atoms with Crippen molar-refractivity contribution in [1.29, 1.82) is 0 Å². The number of rotatable bonds is 6. The second kappa shape index (κ2) is 9.16. The van der Waals surface area contributed by atoms with Gasteiger partial charge in [-0.25, -0.2) is 0 Å². The van der Waals surface area contributed by atoms with Gasteiger partial charge >= 0.3 is 0 Å². The third-order valence-electron chi connectivity index (χ3n) is 4.70. The zero-order valence-corrected chi connectivity index (χ0v) is 16.0. The van der Waals surface area contributed by atoms with Crippen molar-refractivity contribution in [2.75, 3.05) is 36.5 Å². The number of nitrogens with zero attached hydrogens (tertiary/aromatic N) is 3. The minimum absolute atomic E-state index is 0.223. The second-order valence-corrected chi connectivity index (χ2v) is 6.72. The van der Waals surface area contributed by atoms with Gasteiger partial charge in [-0.05, 0) is 35.9 Å². The van der Waals surface area contributed by atoms with E-state index in [-0.39, 0.29) is 5.91 Å². The summed E-state index contributed by atoms with van der Waals surface area (Å²) in [6, 6.07) is 15.5. The van der Waals surface area contributed by atoms with Gasteiger partial charge in [-0.3, -0.25) is 14.8 Å². The molecule has 0 atom stereocenters. The fraction of sp³-hybridized carbons (Fsp3) is 0.227. The van der Waals surface area contributed by atoms with Gasteiger partial charge in [0.25, 0.3) is 5.91 Å². The van der Waals surface area contributed by atoms with Crippen molar-refractivity contribution in [3.63, 3.8) is 0 Å². The van der Waals surface area contributed by atoms with Crippen molar-refractivity contribution in [2.45, 2.75) is 6.54 Å². The summed E-state index contributed by atoms with van der Waals surface area (Å²) >= 11 is 0. The van der Waals surface area contributed by atoms with Gasteiger partial charge in [0.2, 0.25) is 0 Å². The van der Waals surface area contributed by atoms with Crippen molar-refractivity contribution in [3.05, 3.63) is 78.4 Å². The summed E-state index contributed by atoms with van der Waals surface area (Å²) in [5.74, 6) is -0.223. The number of ether oxygens (including phenoxy) is 1. The minimum atomic E-state index is -0.223. The minimum Gasteiger partial charge on any atom is -0.378 e. The molecule has 0 radical (unpaired) electrons. The lowest BCUT2D eigenvalue weighted by molar-refractivity contribution is 0.0946. The number of nitrogens with one attached hydrogen (secondary N) is 2.